The van der Waals surface area contributed by atoms with Crippen LogP contribution in [0.15, 0.2) is 23.8 Å². The number of halogens is 1. The molecule has 3 N–H and O–H groups in total. The Labute approximate surface area is 181 Å². The number of carbonyl (C=O) groups excluding carboxylic acids is 2. The summed E-state index contributed by atoms with van der Waals surface area (Å²) in [5, 5.41) is 32.3. The molecule has 0 unspecified atom stereocenters. The molecule has 0 heterocycles. The van der Waals surface area contributed by atoms with Gasteiger partial charge in [-0.3, -0.25) is 9.59 Å². The molecule has 7 heteroatoms. The smallest absolute Gasteiger partial charge is 0.182 e. The van der Waals surface area contributed by atoms with Crippen molar-refractivity contribution in [2.24, 2.45) is 28.6 Å². The maximum atomic E-state index is 12.9. The predicted octanol–water partition coefficient (Wildman–Crippen LogP) is 1.79. The molecule has 0 radical (unpaired) electrons. The summed E-state index contributed by atoms with van der Waals surface area (Å²) in [5.74, 6) is -0.929. The summed E-state index contributed by atoms with van der Waals surface area (Å²) >= 11 is 5.89. The monoisotopic (exact) mass is 438 g/mol. The molecule has 4 rings (SSSR count). The number of rotatable bonds is 5. The number of alkyl halides is 1. The predicted molar refractivity (Wildman–Crippen MR) is 111 cm³/mol. The third kappa shape index (κ3) is 2.84. The second-order valence-electron chi connectivity index (χ2n) is 9.85. The molecule has 0 aromatic heterocycles. The Morgan fingerprint density at radius 2 is 2.10 bits per heavy atom. The summed E-state index contributed by atoms with van der Waals surface area (Å²) in [6, 6.07) is 0. The summed E-state index contributed by atoms with van der Waals surface area (Å²) in [7, 11) is 0. The molecule has 0 bridgehead atoms. The van der Waals surface area contributed by atoms with Crippen LogP contribution in [-0.4, -0.2) is 63.8 Å². The summed E-state index contributed by atoms with van der Waals surface area (Å²) in [6.45, 7) is 3.77. The largest absolute Gasteiger partial charge is 0.394 e. The van der Waals surface area contributed by atoms with Crippen LogP contribution in [0.3, 0.4) is 0 Å². The fourth-order valence-electron chi connectivity index (χ4n) is 7.30. The van der Waals surface area contributed by atoms with E-state index in [9.17, 15) is 24.9 Å². The number of fused-ring (bicyclic) bond motifs is 5. The standard InChI is InChI=1S/C23H31ClO6/c1-21-6-5-14(26)9-13(21)3-4-15-16-10-19(30-8-7-25)23(29,18(28)12-24)22(16,2)11-17(27)20(15)21/h5-6,9,15-17,19-20,25,27,29H,3-4,7-8,10-12H2,1-2H3/t15-,16-,17-,19+,20+,21-,22-,23+/m0/s1. The van der Waals surface area contributed by atoms with Crippen molar-refractivity contribution in [2.75, 3.05) is 19.1 Å². The Kier molecular flexibility index (Phi) is 5.55. The van der Waals surface area contributed by atoms with Crippen LogP contribution in [0, 0.1) is 28.6 Å². The molecule has 0 aromatic rings. The van der Waals surface area contributed by atoms with Gasteiger partial charge in [-0.25, -0.2) is 0 Å². The maximum absolute atomic E-state index is 12.9. The lowest BCUT2D eigenvalue weighted by atomic mass is 9.46. The summed E-state index contributed by atoms with van der Waals surface area (Å²) < 4.78 is 5.78. The number of ether oxygens (including phenoxy) is 1. The van der Waals surface area contributed by atoms with Crippen LogP contribution in [0.25, 0.3) is 0 Å². The van der Waals surface area contributed by atoms with Gasteiger partial charge in [0.15, 0.2) is 17.2 Å². The Balaban J connectivity index is 1.76. The van der Waals surface area contributed by atoms with Crippen LogP contribution in [0.5, 0.6) is 0 Å². The molecule has 0 aromatic carbocycles. The number of aliphatic hydroxyl groups is 3. The molecule has 0 aliphatic heterocycles. The molecular weight excluding hydrogens is 408 g/mol. The van der Waals surface area contributed by atoms with Crippen LogP contribution >= 0.6 is 11.6 Å². The number of ketones is 2. The van der Waals surface area contributed by atoms with Gasteiger partial charge in [0.05, 0.1) is 31.3 Å². The summed E-state index contributed by atoms with van der Waals surface area (Å²) in [5.41, 5.74) is -2.06. The molecule has 166 valence electrons. The number of hydrogen-bond acceptors (Lipinski definition) is 6. The van der Waals surface area contributed by atoms with Crippen LogP contribution in [0.2, 0.25) is 0 Å². The van der Waals surface area contributed by atoms with E-state index in [1.165, 1.54) is 0 Å². The van der Waals surface area contributed by atoms with Gasteiger partial charge in [-0.15, -0.1) is 11.6 Å². The van der Waals surface area contributed by atoms with E-state index in [0.717, 1.165) is 18.4 Å². The lowest BCUT2D eigenvalue weighted by molar-refractivity contribution is -0.192. The highest BCUT2D eigenvalue weighted by molar-refractivity contribution is 6.29. The van der Waals surface area contributed by atoms with Crippen molar-refractivity contribution < 1.29 is 29.6 Å². The number of Topliss-reactive ketones (excluding diaryl/α,β-unsaturated/α-hetero) is 1. The fraction of sp³-hybridized carbons (Fsp3) is 0.739. The second kappa shape index (κ2) is 7.52. The summed E-state index contributed by atoms with van der Waals surface area (Å²) in [6.07, 6.45) is 5.95. The maximum Gasteiger partial charge on any atom is 0.182 e. The van der Waals surface area contributed by atoms with Gasteiger partial charge < -0.3 is 20.1 Å². The Morgan fingerprint density at radius 1 is 1.37 bits per heavy atom. The zero-order valence-electron chi connectivity index (χ0n) is 17.5. The Hall–Kier alpha value is -1.05. The zero-order valence-corrected chi connectivity index (χ0v) is 18.3. The van der Waals surface area contributed by atoms with Gasteiger partial charge in [0.1, 0.15) is 0 Å². The van der Waals surface area contributed by atoms with Gasteiger partial charge >= 0.3 is 0 Å². The van der Waals surface area contributed by atoms with Crippen molar-refractivity contribution in [2.45, 2.75) is 57.3 Å². The van der Waals surface area contributed by atoms with Crippen molar-refractivity contribution in [1.82, 2.24) is 0 Å². The third-order valence-electron chi connectivity index (χ3n) is 8.65. The number of aliphatic hydroxyl groups excluding tert-OH is 2. The van der Waals surface area contributed by atoms with Crippen LogP contribution in [0.1, 0.15) is 39.5 Å². The second-order valence-corrected chi connectivity index (χ2v) is 10.1. The SMILES string of the molecule is C[C@]12C=CC(=O)C=C1CC[C@@H]1[C@@H]2[C@@H](O)C[C@@]2(C)[C@H]1C[C@@H](OCCO)[C@]2(O)C(=O)CCl. The van der Waals surface area contributed by atoms with Gasteiger partial charge in [0, 0.05) is 16.7 Å². The topological polar surface area (TPSA) is 104 Å². The van der Waals surface area contributed by atoms with Crippen LogP contribution < -0.4 is 0 Å². The fourth-order valence-corrected chi connectivity index (χ4v) is 7.50. The van der Waals surface area contributed by atoms with Crippen molar-refractivity contribution in [3.05, 3.63) is 23.8 Å². The van der Waals surface area contributed by atoms with E-state index in [1.54, 1.807) is 12.2 Å². The average Bonchev–Trinajstić information content (AvgIpc) is 2.93. The third-order valence-corrected chi connectivity index (χ3v) is 8.89. The normalized spacial score (nSPS) is 47.3. The van der Waals surface area contributed by atoms with E-state index in [4.69, 9.17) is 16.3 Å². The first-order valence-corrected chi connectivity index (χ1v) is 11.3. The van der Waals surface area contributed by atoms with E-state index in [-0.39, 0.29) is 49.1 Å². The number of carbonyl (C=O) groups is 2. The van der Waals surface area contributed by atoms with Gasteiger partial charge in [0.2, 0.25) is 0 Å². The van der Waals surface area contributed by atoms with E-state index in [0.29, 0.717) is 6.42 Å². The lowest BCUT2D eigenvalue weighted by Crippen LogP contribution is -2.63. The first kappa shape index (κ1) is 22.2. The van der Waals surface area contributed by atoms with Crippen molar-refractivity contribution in [1.29, 1.82) is 0 Å². The van der Waals surface area contributed by atoms with E-state index in [1.807, 2.05) is 13.0 Å². The molecule has 3 fully saturated rings. The first-order valence-electron chi connectivity index (χ1n) is 10.8. The van der Waals surface area contributed by atoms with Gasteiger partial charge in [-0.2, -0.15) is 0 Å². The molecule has 30 heavy (non-hydrogen) atoms. The minimum absolute atomic E-state index is 0.0171. The van der Waals surface area contributed by atoms with E-state index >= 15 is 0 Å². The Bertz CT molecular complexity index is 808. The molecule has 6 nitrogen and oxygen atoms in total. The van der Waals surface area contributed by atoms with E-state index in [2.05, 4.69) is 6.92 Å². The molecule has 4 aliphatic rings. The highest BCUT2D eigenvalue weighted by atomic mass is 35.5. The van der Waals surface area contributed by atoms with Gasteiger partial charge in [0.25, 0.3) is 0 Å². The van der Waals surface area contributed by atoms with Crippen molar-refractivity contribution in [3.8, 4) is 0 Å². The van der Waals surface area contributed by atoms with E-state index < -0.39 is 34.4 Å². The van der Waals surface area contributed by atoms with Gasteiger partial charge in [-0.05, 0) is 49.7 Å². The molecular formula is C23H31ClO6. The first-order chi connectivity index (χ1) is 14.1. The van der Waals surface area contributed by atoms with Crippen molar-refractivity contribution >= 4 is 23.2 Å². The Morgan fingerprint density at radius 3 is 2.77 bits per heavy atom. The molecule has 3 saturated carbocycles. The van der Waals surface area contributed by atoms with Crippen molar-refractivity contribution in [3.63, 3.8) is 0 Å². The molecule has 8 atom stereocenters. The van der Waals surface area contributed by atoms with Crippen LogP contribution in [-0.2, 0) is 14.3 Å². The molecule has 0 amide bonds. The quantitative estimate of drug-likeness (QED) is 0.565. The molecule has 0 spiro atoms. The number of hydrogen-bond donors (Lipinski definition) is 3. The summed E-state index contributed by atoms with van der Waals surface area (Å²) in [4.78, 5) is 24.8. The minimum atomic E-state index is -1.81. The van der Waals surface area contributed by atoms with Crippen LogP contribution in [0.4, 0.5) is 0 Å². The lowest BCUT2D eigenvalue weighted by Gasteiger charge is -2.59. The molecule has 4 aliphatic carbocycles. The highest BCUT2D eigenvalue weighted by Crippen LogP contribution is 2.67. The minimum Gasteiger partial charge on any atom is -0.394 e. The zero-order chi connectivity index (χ0) is 21.9. The molecule has 0 saturated heterocycles. The van der Waals surface area contributed by atoms with Gasteiger partial charge in [-0.1, -0.05) is 25.5 Å². The average molecular weight is 439 g/mol. The highest BCUT2D eigenvalue weighted by Gasteiger charge is 2.71. The number of allylic oxidation sites excluding steroid dienone is 4.